The van der Waals surface area contributed by atoms with E-state index < -0.39 is 5.97 Å². The van der Waals surface area contributed by atoms with Crippen molar-refractivity contribution in [2.24, 2.45) is 5.73 Å². The molecule has 0 unspecified atom stereocenters. The number of fused-ring (bicyclic) bond motifs is 3. The van der Waals surface area contributed by atoms with Gasteiger partial charge in [0.1, 0.15) is 11.4 Å². The van der Waals surface area contributed by atoms with E-state index in [1.165, 1.54) is 4.68 Å². The summed E-state index contributed by atoms with van der Waals surface area (Å²) >= 11 is 0. The van der Waals surface area contributed by atoms with Gasteiger partial charge in [-0.3, -0.25) is 4.68 Å². The number of hydrogen-bond donors (Lipinski definition) is 3. The van der Waals surface area contributed by atoms with Crippen LogP contribution in [0.1, 0.15) is 33.6 Å². The van der Waals surface area contributed by atoms with Crippen molar-refractivity contribution in [2.75, 3.05) is 6.54 Å². The molecule has 1 heterocycles. The number of carbonyl (C=O) groups is 1. The number of nitriles is 1. The molecule has 146 valence electrons. The maximum absolute atomic E-state index is 11.9. The molecule has 4 N–H and O–H groups in total. The minimum atomic E-state index is -1.00. The standard InChI is InChI=1S/C22H20N4O3/c23-7-2-8-26-21(22(28)29)16-6-5-15-10-19(27)17(11-18(15)20(16)25-26)14-4-1-3-13(9-14)12-24/h1,3-4,9-11,27H,2,5-8,23H2,(H,28,29). The molecule has 0 spiro atoms. The summed E-state index contributed by atoms with van der Waals surface area (Å²) < 4.78 is 1.53. The van der Waals surface area contributed by atoms with Crippen molar-refractivity contribution in [1.82, 2.24) is 9.78 Å². The molecular weight excluding hydrogens is 368 g/mol. The lowest BCUT2D eigenvalue weighted by Crippen LogP contribution is -2.14. The maximum Gasteiger partial charge on any atom is 0.354 e. The largest absolute Gasteiger partial charge is 0.507 e. The Hall–Kier alpha value is -3.63. The Kier molecular flexibility index (Phi) is 4.79. The minimum Gasteiger partial charge on any atom is -0.507 e. The summed E-state index contributed by atoms with van der Waals surface area (Å²) in [5.41, 5.74) is 10.7. The van der Waals surface area contributed by atoms with Crippen LogP contribution in [0.25, 0.3) is 22.4 Å². The molecule has 29 heavy (non-hydrogen) atoms. The molecule has 7 heteroatoms. The molecule has 0 atom stereocenters. The molecule has 1 aliphatic rings. The number of aryl methyl sites for hydroxylation is 2. The highest BCUT2D eigenvalue weighted by atomic mass is 16.4. The van der Waals surface area contributed by atoms with E-state index in [0.717, 1.165) is 16.7 Å². The molecule has 0 fully saturated rings. The van der Waals surface area contributed by atoms with Crippen LogP contribution in [0.2, 0.25) is 0 Å². The highest BCUT2D eigenvalue weighted by Gasteiger charge is 2.29. The lowest BCUT2D eigenvalue weighted by Gasteiger charge is -2.18. The summed E-state index contributed by atoms with van der Waals surface area (Å²) in [6, 6.07) is 12.7. The fourth-order valence-electron chi connectivity index (χ4n) is 3.90. The van der Waals surface area contributed by atoms with Gasteiger partial charge in [0.05, 0.1) is 17.3 Å². The van der Waals surface area contributed by atoms with Crippen LogP contribution in [0.5, 0.6) is 5.75 Å². The lowest BCUT2D eigenvalue weighted by molar-refractivity contribution is 0.0681. The van der Waals surface area contributed by atoms with Gasteiger partial charge in [0.2, 0.25) is 0 Å². The molecule has 2 aromatic carbocycles. The fraction of sp³-hybridized carbons (Fsp3) is 0.227. The summed E-state index contributed by atoms with van der Waals surface area (Å²) in [5, 5.41) is 34.1. The zero-order chi connectivity index (χ0) is 20.5. The van der Waals surface area contributed by atoms with Crippen LogP contribution < -0.4 is 5.73 Å². The van der Waals surface area contributed by atoms with E-state index in [9.17, 15) is 15.0 Å². The predicted molar refractivity (Wildman–Crippen MR) is 108 cm³/mol. The molecule has 3 aromatic rings. The zero-order valence-corrected chi connectivity index (χ0v) is 15.7. The topological polar surface area (TPSA) is 125 Å². The van der Waals surface area contributed by atoms with Gasteiger partial charge >= 0.3 is 5.97 Å². The Balaban J connectivity index is 1.88. The van der Waals surface area contributed by atoms with Crippen molar-refractivity contribution in [3.63, 3.8) is 0 Å². The van der Waals surface area contributed by atoms with Crippen molar-refractivity contribution in [3.8, 4) is 34.2 Å². The molecule has 7 nitrogen and oxygen atoms in total. The van der Waals surface area contributed by atoms with E-state index in [4.69, 9.17) is 11.0 Å². The van der Waals surface area contributed by atoms with Crippen LogP contribution in [0.15, 0.2) is 36.4 Å². The Labute approximate surface area is 167 Å². The number of benzene rings is 2. The summed E-state index contributed by atoms with van der Waals surface area (Å²) in [7, 11) is 0. The van der Waals surface area contributed by atoms with Crippen LogP contribution in [-0.4, -0.2) is 32.5 Å². The van der Waals surface area contributed by atoms with Crippen LogP contribution in [0, 0.1) is 11.3 Å². The van der Waals surface area contributed by atoms with Crippen molar-refractivity contribution in [3.05, 3.63) is 58.8 Å². The van der Waals surface area contributed by atoms with Crippen LogP contribution >= 0.6 is 0 Å². The Bertz CT molecular complexity index is 1160. The van der Waals surface area contributed by atoms with Gasteiger partial charge in [0.25, 0.3) is 0 Å². The second-order valence-corrected chi connectivity index (χ2v) is 7.07. The van der Waals surface area contributed by atoms with Gasteiger partial charge in [-0.15, -0.1) is 0 Å². The van der Waals surface area contributed by atoms with E-state index in [-0.39, 0.29) is 11.4 Å². The third kappa shape index (κ3) is 3.24. The molecule has 0 amide bonds. The second-order valence-electron chi connectivity index (χ2n) is 7.07. The normalized spacial score (nSPS) is 12.1. The summed E-state index contributed by atoms with van der Waals surface area (Å²) in [4.78, 5) is 11.9. The summed E-state index contributed by atoms with van der Waals surface area (Å²) in [6.07, 6.45) is 1.81. The van der Waals surface area contributed by atoms with E-state index in [1.807, 2.05) is 12.1 Å². The monoisotopic (exact) mass is 388 g/mol. The highest BCUT2D eigenvalue weighted by molar-refractivity contribution is 5.91. The first-order valence-corrected chi connectivity index (χ1v) is 9.43. The van der Waals surface area contributed by atoms with Crippen LogP contribution in [-0.2, 0) is 19.4 Å². The predicted octanol–water partition coefficient (Wildman–Crippen LogP) is 2.94. The molecule has 4 rings (SSSR count). The molecule has 1 aliphatic carbocycles. The number of phenols is 1. The number of aromatic nitrogens is 2. The first-order valence-electron chi connectivity index (χ1n) is 9.43. The number of phenolic OH excluding ortho intramolecular Hbond substituents is 1. The van der Waals surface area contributed by atoms with E-state index >= 15 is 0 Å². The number of aromatic hydroxyl groups is 1. The molecule has 1 aromatic heterocycles. The number of nitrogens with zero attached hydrogens (tertiary/aromatic N) is 3. The van der Waals surface area contributed by atoms with E-state index in [0.29, 0.717) is 54.7 Å². The molecule has 0 radical (unpaired) electrons. The number of rotatable bonds is 5. The van der Waals surface area contributed by atoms with Crippen molar-refractivity contribution < 1.29 is 15.0 Å². The number of carboxylic acid groups (broad SMARTS) is 1. The van der Waals surface area contributed by atoms with Gasteiger partial charge in [-0.25, -0.2) is 4.79 Å². The Morgan fingerprint density at radius 1 is 1.24 bits per heavy atom. The van der Waals surface area contributed by atoms with Gasteiger partial charge in [0.15, 0.2) is 0 Å². The molecule has 0 bridgehead atoms. The Morgan fingerprint density at radius 2 is 2.07 bits per heavy atom. The second kappa shape index (κ2) is 7.41. The average Bonchev–Trinajstić information content (AvgIpc) is 3.10. The smallest absolute Gasteiger partial charge is 0.354 e. The first-order chi connectivity index (χ1) is 14.0. The zero-order valence-electron chi connectivity index (χ0n) is 15.7. The molecule has 0 saturated heterocycles. The quantitative estimate of drug-likeness (QED) is 0.617. The van der Waals surface area contributed by atoms with E-state index in [1.54, 1.807) is 24.3 Å². The van der Waals surface area contributed by atoms with Gasteiger partial charge in [0, 0.05) is 23.2 Å². The number of carboxylic acids is 1. The van der Waals surface area contributed by atoms with Gasteiger partial charge in [-0.05, 0) is 61.2 Å². The van der Waals surface area contributed by atoms with Crippen molar-refractivity contribution in [1.29, 1.82) is 5.26 Å². The number of hydrogen-bond acceptors (Lipinski definition) is 5. The van der Waals surface area contributed by atoms with Crippen LogP contribution in [0.3, 0.4) is 0 Å². The molecule has 0 aliphatic heterocycles. The van der Waals surface area contributed by atoms with E-state index in [2.05, 4.69) is 11.2 Å². The number of nitrogens with two attached hydrogens (primary N) is 1. The Morgan fingerprint density at radius 3 is 2.79 bits per heavy atom. The maximum atomic E-state index is 11.9. The summed E-state index contributed by atoms with van der Waals surface area (Å²) in [6.45, 7) is 0.892. The summed E-state index contributed by atoms with van der Waals surface area (Å²) in [5.74, 6) is -0.872. The van der Waals surface area contributed by atoms with Gasteiger partial charge in [-0.2, -0.15) is 10.4 Å². The highest BCUT2D eigenvalue weighted by Crippen LogP contribution is 2.41. The fourth-order valence-corrected chi connectivity index (χ4v) is 3.90. The third-order valence-electron chi connectivity index (χ3n) is 5.25. The minimum absolute atomic E-state index is 0.128. The third-order valence-corrected chi connectivity index (χ3v) is 5.25. The SMILES string of the molecule is N#Cc1cccc(-c2cc3c(cc2O)CCc2c-3nn(CCCN)c2C(=O)O)c1. The average molecular weight is 388 g/mol. The lowest BCUT2D eigenvalue weighted by atomic mass is 9.86. The molecule has 0 saturated carbocycles. The van der Waals surface area contributed by atoms with Gasteiger partial charge < -0.3 is 15.9 Å². The number of aromatic carboxylic acids is 1. The van der Waals surface area contributed by atoms with Gasteiger partial charge in [-0.1, -0.05) is 12.1 Å². The molecular formula is C22H20N4O3. The first kappa shape index (κ1) is 18.7. The van der Waals surface area contributed by atoms with Crippen molar-refractivity contribution >= 4 is 5.97 Å². The van der Waals surface area contributed by atoms with Crippen molar-refractivity contribution in [2.45, 2.75) is 25.8 Å². The van der Waals surface area contributed by atoms with Crippen LogP contribution in [0.4, 0.5) is 0 Å².